The Hall–Kier alpha value is -0.870. The number of carbonyl (C=O) groups is 1. The average Bonchev–Trinajstić information content (AvgIpc) is 3.13. The number of thiophene rings is 1. The fourth-order valence-corrected chi connectivity index (χ4v) is 4.05. The number of hydrogen-bond donors (Lipinski definition) is 1. The van der Waals surface area contributed by atoms with Gasteiger partial charge in [0.25, 0.3) is 0 Å². The molecule has 2 heterocycles. The van der Waals surface area contributed by atoms with Crippen LogP contribution in [-0.2, 0) is 4.79 Å². The smallest absolute Gasteiger partial charge is 0.244 e. The number of rotatable bonds is 4. The highest BCUT2D eigenvalue weighted by Gasteiger charge is 2.51. The van der Waals surface area contributed by atoms with E-state index in [1.807, 2.05) is 6.92 Å². The van der Waals surface area contributed by atoms with Crippen molar-refractivity contribution in [2.45, 2.75) is 64.7 Å². The van der Waals surface area contributed by atoms with Crippen molar-refractivity contribution in [3.8, 4) is 0 Å². The van der Waals surface area contributed by atoms with Gasteiger partial charge >= 0.3 is 0 Å². The van der Waals surface area contributed by atoms with Crippen LogP contribution >= 0.6 is 11.3 Å². The molecule has 0 radical (unpaired) electrons. The predicted octanol–water partition coefficient (Wildman–Crippen LogP) is 3.45. The van der Waals surface area contributed by atoms with Gasteiger partial charge in [-0.05, 0) is 58.1 Å². The zero-order valence-electron chi connectivity index (χ0n) is 12.8. The van der Waals surface area contributed by atoms with E-state index in [4.69, 9.17) is 0 Å². The van der Waals surface area contributed by atoms with Gasteiger partial charge in [-0.3, -0.25) is 10.1 Å². The first-order chi connectivity index (χ1) is 9.46. The second-order valence-corrected chi connectivity index (χ2v) is 7.79. The summed E-state index contributed by atoms with van der Waals surface area (Å²) >= 11 is 1.80. The maximum atomic E-state index is 12.9. The van der Waals surface area contributed by atoms with E-state index in [1.165, 1.54) is 22.6 Å². The third-order valence-corrected chi connectivity index (χ3v) is 5.97. The quantitative estimate of drug-likeness (QED) is 0.922. The topological polar surface area (TPSA) is 32.3 Å². The number of aryl methyl sites for hydroxylation is 1. The van der Waals surface area contributed by atoms with Crippen LogP contribution in [0.2, 0.25) is 0 Å². The molecule has 2 aliphatic rings. The van der Waals surface area contributed by atoms with Crippen LogP contribution in [0.1, 0.15) is 56.0 Å². The van der Waals surface area contributed by atoms with Crippen LogP contribution in [0.3, 0.4) is 0 Å². The summed E-state index contributed by atoms with van der Waals surface area (Å²) in [6.45, 7) is 8.47. The molecule has 3 atom stereocenters. The van der Waals surface area contributed by atoms with Crippen molar-refractivity contribution in [3.63, 3.8) is 0 Å². The van der Waals surface area contributed by atoms with Crippen molar-refractivity contribution < 1.29 is 4.79 Å². The van der Waals surface area contributed by atoms with E-state index in [0.717, 1.165) is 6.42 Å². The summed E-state index contributed by atoms with van der Waals surface area (Å²) in [5.41, 5.74) is -0.411. The minimum Gasteiger partial charge on any atom is -0.317 e. The van der Waals surface area contributed by atoms with Crippen LogP contribution in [0, 0.1) is 12.8 Å². The summed E-state index contributed by atoms with van der Waals surface area (Å²) in [6, 6.07) is 4.66. The molecule has 3 nitrogen and oxygen atoms in total. The average molecular weight is 292 g/mol. The van der Waals surface area contributed by atoms with Crippen molar-refractivity contribution in [1.29, 1.82) is 0 Å². The molecule has 0 aromatic carbocycles. The molecule has 4 heteroatoms. The zero-order valence-corrected chi connectivity index (χ0v) is 13.6. The summed E-state index contributed by atoms with van der Waals surface area (Å²) in [5, 5.41) is 3.60. The molecule has 1 amide bonds. The van der Waals surface area contributed by atoms with Gasteiger partial charge in [-0.1, -0.05) is 6.92 Å². The normalized spacial score (nSPS) is 31.9. The van der Waals surface area contributed by atoms with Gasteiger partial charge < -0.3 is 4.90 Å². The number of nitrogens with one attached hydrogen (secondary N) is 1. The molecule has 1 aliphatic carbocycles. The van der Waals surface area contributed by atoms with Crippen molar-refractivity contribution in [2.24, 2.45) is 5.92 Å². The van der Waals surface area contributed by atoms with Crippen LogP contribution in [-0.4, -0.2) is 22.4 Å². The molecule has 110 valence electrons. The lowest BCUT2D eigenvalue weighted by molar-refractivity contribution is -0.135. The molecule has 1 N–H and O–H groups in total. The largest absolute Gasteiger partial charge is 0.317 e. The third kappa shape index (κ3) is 2.19. The molecule has 1 aromatic rings. The highest BCUT2D eigenvalue weighted by molar-refractivity contribution is 7.12. The molecule has 1 saturated heterocycles. The Kier molecular flexibility index (Phi) is 3.41. The molecule has 1 aromatic heterocycles. The molecular formula is C16H24N2OS. The number of hydrogen-bond acceptors (Lipinski definition) is 3. The van der Waals surface area contributed by atoms with Crippen molar-refractivity contribution in [2.75, 3.05) is 0 Å². The standard InChI is InChI=1S/C16H24N2OS/c1-5-16(4)15(19)18(11(3)12-7-8-12)14(17-16)13-9-6-10(2)20-13/h6,9,11-12,14,17H,5,7-8H2,1-4H3. The van der Waals surface area contributed by atoms with E-state index in [0.29, 0.717) is 12.0 Å². The lowest BCUT2D eigenvalue weighted by Crippen LogP contribution is -2.44. The Morgan fingerprint density at radius 3 is 2.70 bits per heavy atom. The second kappa shape index (κ2) is 4.85. The monoisotopic (exact) mass is 292 g/mol. The van der Waals surface area contributed by atoms with E-state index >= 15 is 0 Å². The molecule has 1 saturated carbocycles. The molecule has 3 unspecified atom stereocenters. The van der Waals surface area contributed by atoms with Gasteiger partial charge in [-0.15, -0.1) is 11.3 Å². The minimum atomic E-state index is -0.411. The summed E-state index contributed by atoms with van der Waals surface area (Å²) in [6.07, 6.45) is 3.43. The number of amides is 1. The van der Waals surface area contributed by atoms with E-state index in [9.17, 15) is 4.79 Å². The van der Waals surface area contributed by atoms with Gasteiger partial charge in [0.2, 0.25) is 5.91 Å². The summed E-state index contributed by atoms with van der Waals surface area (Å²) < 4.78 is 0. The summed E-state index contributed by atoms with van der Waals surface area (Å²) in [7, 11) is 0. The Morgan fingerprint density at radius 2 is 2.20 bits per heavy atom. The lowest BCUT2D eigenvalue weighted by atomic mass is 9.99. The maximum absolute atomic E-state index is 12.9. The van der Waals surface area contributed by atoms with Crippen LogP contribution in [0.5, 0.6) is 0 Å². The fraction of sp³-hybridized carbons (Fsp3) is 0.688. The van der Waals surface area contributed by atoms with Crippen LogP contribution in [0.4, 0.5) is 0 Å². The highest BCUT2D eigenvalue weighted by Crippen LogP contribution is 2.43. The first kappa shape index (κ1) is 14.1. The van der Waals surface area contributed by atoms with Crippen molar-refractivity contribution in [1.82, 2.24) is 10.2 Å². The van der Waals surface area contributed by atoms with E-state index in [1.54, 1.807) is 11.3 Å². The third-order valence-electron chi connectivity index (χ3n) is 4.92. The highest BCUT2D eigenvalue weighted by atomic mass is 32.1. The number of nitrogens with zero attached hydrogens (tertiary/aromatic N) is 1. The van der Waals surface area contributed by atoms with Crippen molar-refractivity contribution >= 4 is 17.2 Å². The van der Waals surface area contributed by atoms with Gasteiger partial charge in [0.1, 0.15) is 6.17 Å². The van der Waals surface area contributed by atoms with Gasteiger partial charge in [0.05, 0.1) is 5.54 Å². The van der Waals surface area contributed by atoms with Gasteiger partial charge in [0, 0.05) is 15.8 Å². The van der Waals surface area contributed by atoms with Crippen molar-refractivity contribution in [3.05, 3.63) is 21.9 Å². The van der Waals surface area contributed by atoms with Crippen LogP contribution in [0.25, 0.3) is 0 Å². The molecule has 0 spiro atoms. The predicted molar refractivity (Wildman–Crippen MR) is 82.7 cm³/mol. The molecular weight excluding hydrogens is 268 g/mol. The minimum absolute atomic E-state index is 0.0572. The van der Waals surface area contributed by atoms with Gasteiger partial charge in [0.15, 0.2) is 0 Å². The molecule has 20 heavy (non-hydrogen) atoms. The fourth-order valence-electron chi connectivity index (χ4n) is 3.12. The van der Waals surface area contributed by atoms with Gasteiger partial charge in [-0.2, -0.15) is 0 Å². The molecule has 3 rings (SSSR count). The van der Waals surface area contributed by atoms with Crippen LogP contribution < -0.4 is 5.32 Å². The molecule has 1 aliphatic heterocycles. The van der Waals surface area contributed by atoms with Crippen LogP contribution in [0.15, 0.2) is 12.1 Å². The molecule has 0 bridgehead atoms. The first-order valence-corrected chi connectivity index (χ1v) is 8.44. The second-order valence-electron chi connectivity index (χ2n) is 6.47. The van der Waals surface area contributed by atoms with Gasteiger partial charge in [-0.25, -0.2) is 0 Å². The Balaban J connectivity index is 1.95. The maximum Gasteiger partial charge on any atom is 0.244 e. The Bertz CT molecular complexity index is 522. The Labute approximate surface area is 125 Å². The SMILES string of the molecule is CCC1(C)NC(c2ccc(C)s2)N(C(C)C2CC2)C1=O. The zero-order chi connectivity index (χ0) is 14.5. The molecule has 2 fully saturated rings. The van der Waals surface area contributed by atoms with E-state index in [2.05, 4.69) is 43.1 Å². The summed E-state index contributed by atoms with van der Waals surface area (Å²) in [4.78, 5) is 17.6. The number of carbonyl (C=O) groups excluding carboxylic acids is 1. The summed E-state index contributed by atoms with van der Waals surface area (Å²) in [5.74, 6) is 0.971. The van der Waals surface area contributed by atoms with E-state index in [-0.39, 0.29) is 12.1 Å². The lowest BCUT2D eigenvalue weighted by Gasteiger charge is -2.30. The van der Waals surface area contributed by atoms with E-state index < -0.39 is 5.54 Å². The Morgan fingerprint density at radius 1 is 1.50 bits per heavy atom. The first-order valence-electron chi connectivity index (χ1n) is 7.63.